The number of rotatable bonds is 4. The van der Waals surface area contributed by atoms with Crippen molar-refractivity contribution in [3.05, 3.63) is 117 Å². The van der Waals surface area contributed by atoms with Gasteiger partial charge in [0.05, 0.1) is 5.52 Å². The molecule has 0 amide bonds. The third-order valence-corrected chi connectivity index (χ3v) is 7.41. The monoisotopic (exact) mass is 502 g/mol. The van der Waals surface area contributed by atoms with Gasteiger partial charge in [-0.1, -0.05) is 66.6 Å². The minimum absolute atomic E-state index is 0. The molecular formula is C30H28Cl2N2O. The van der Waals surface area contributed by atoms with Gasteiger partial charge < -0.3 is 4.57 Å². The first kappa shape index (κ1) is 25.0. The van der Waals surface area contributed by atoms with Gasteiger partial charge in [-0.05, 0) is 65.9 Å². The molecule has 5 heteroatoms. The molecule has 5 rings (SSSR count). The molecule has 4 aromatic rings. The number of nitrogens with zero attached hydrogens (tertiary/aromatic N) is 2. The fourth-order valence-electron chi connectivity index (χ4n) is 5.09. The molecule has 178 valence electrons. The molecule has 0 bridgehead atoms. The topological polar surface area (TPSA) is 34.4 Å². The molecule has 1 aromatic heterocycles. The highest BCUT2D eigenvalue weighted by atomic mass is 35.5. The highest BCUT2D eigenvalue weighted by Gasteiger charge is 2.37. The smallest absolute Gasteiger partial charge is 0.251 e. The van der Waals surface area contributed by atoms with Crippen molar-refractivity contribution in [2.75, 3.05) is 0 Å². The molecule has 0 aliphatic carbocycles. The summed E-state index contributed by atoms with van der Waals surface area (Å²) in [6.45, 7) is 6.57. The number of aliphatic imine (C=N–C) groups is 1. The van der Waals surface area contributed by atoms with Gasteiger partial charge in [-0.3, -0.25) is 9.79 Å². The van der Waals surface area contributed by atoms with Crippen LogP contribution in [0.5, 0.6) is 0 Å². The Morgan fingerprint density at radius 3 is 2.34 bits per heavy atom. The first-order valence-electron chi connectivity index (χ1n) is 11.5. The number of hydrogen-bond donors (Lipinski definition) is 0. The van der Waals surface area contributed by atoms with Crippen LogP contribution in [-0.2, 0) is 12.5 Å². The summed E-state index contributed by atoms with van der Waals surface area (Å²) < 4.78 is 1.71. The van der Waals surface area contributed by atoms with Crippen molar-refractivity contribution in [2.24, 2.45) is 18.0 Å². The average molecular weight is 503 g/mol. The minimum atomic E-state index is -0.377. The first-order valence-corrected chi connectivity index (χ1v) is 11.9. The number of pyridine rings is 1. The molecule has 0 fully saturated rings. The molecule has 1 aliphatic heterocycles. The average Bonchev–Trinajstić information content (AvgIpc) is 3.27. The molecule has 1 aliphatic rings. The number of aromatic nitrogens is 1. The molecule has 2 atom stereocenters. The number of aryl methyl sites for hydroxylation is 2. The fourth-order valence-corrected chi connectivity index (χ4v) is 5.28. The Balaban J connectivity index is 0.00000289. The van der Waals surface area contributed by atoms with Crippen LogP contribution in [0.4, 0.5) is 0 Å². The van der Waals surface area contributed by atoms with Crippen LogP contribution >= 0.6 is 24.0 Å². The van der Waals surface area contributed by atoms with Gasteiger partial charge in [0.15, 0.2) is 0 Å². The molecule has 0 saturated carbocycles. The molecule has 35 heavy (non-hydrogen) atoms. The van der Waals surface area contributed by atoms with Crippen LogP contribution in [-0.4, -0.2) is 10.8 Å². The fraction of sp³-hybridized carbons (Fsp3) is 0.200. The Kier molecular flexibility index (Phi) is 6.77. The summed E-state index contributed by atoms with van der Waals surface area (Å²) in [6, 6.07) is 24.6. The largest absolute Gasteiger partial charge is 0.311 e. The predicted octanol–water partition coefficient (Wildman–Crippen LogP) is 7.50. The molecule has 0 saturated heterocycles. The molecule has 3 aromatic carbocycles. The summed E-state index contributed by atoms with van der Waals surface area (Å²) in [5.74, 6) is 0.231. The second kappa shape index (κ2) is 9.49. The van der Waals surface area contributed by atoms with E-state index in [-0.39, 0.29) is 29.3 Å². The van der Waals surface area contributed by atoms with Crippen LogP contribution in [0.3, 0.4) is 0 Å². The van der Waals surface area contributed by atoms with E-state index in [4.69, 9.17) is 11.6 Å². The van der Waals surface area contributed by atoms with E-state index in [2.05, 4.69) is 68.2 Å². The molecule has 2 unspecified atom stereocenters. The standard InChI is InChI=1S/C30H27ClN2O.ClH/c1-19-8-10-22(11-9-19)30(3,27-18-32-17-20(27)2)23-12-13-28-26(15-23)25(16-29(34)33(28)4)21-6-5-7-24(31)14-21;/h5-18,20H,1-4H3;1H. The van der Waals surface area contributed by atoms with Gasteiger partial charge >= 0.3 is 0 Å². The van der Waals surface area contributed by atoms with E-state index in [0.717, 1.165) is 27.6 Å². The highest BCUT2D eigenvalue weighted by molar-refractivity contribution is 6.30. The van der Waals surface area contributed by atoms with Gasteiger partial charge in [0, 0.05) is 47.3 Å². The van der Waals surface area contributed by atoms with Crippen molar-refractivity contribution in [1.29, 1.82) is 0 Å². The SMILES string of the molecule is Cc1ccc(C(C)(C2=CN=CC2C)c2ccc3c(c2)c(-c2cccc(Cl)c2)cc(=O)n3C)cc1.Cl. The van der Waals surface area contributed by atoms with Crippen molar-refractivity contribution in [1.82, 2.24) is 4.57 Å². The summed E-state index contributed by atoms with van der Waals surface area (Å²) in [5.41, 5.74) is 7.15. The summed E-state index contributed by atoms with van der Waals surface area (Å²) in [4.78, 5) is 17.3. The van der Waals surface area contributed by atoms with Gasteiger partial charge in [-0.25, -0.2) is 0 Å². The van der Waals surface area contributed by atoms with Crippen molar-refractivity contribution in [3.8, 4) is 11.1 Å². The zero-order valence-corrected chi connectivity index (χ0v) is 21.8. The Bertz CT molecular complexity index is 1530. The van der Waals surface area contributed by atoms with Crippen LogP contribution in [0, 0.1) is 12.8 Å². The minimum Gasteiger partial charge on any atom is -0.311 e. The number of halogens is 2. The number of benzene rings is 3. The molecule has 0 radical (unpaired) electrons. The lowest BCUT2D eigenvalue weighted by Crippen LogP contribution is -2.29. The highest BCUT2D eigenvalue weighted by Crippen LogP contribution is 2.44. The van der Waals surface area contributed by atoms with E-state index in [9.17, 15) is 4.79 Å². The van der Waals surface area contributed by atoms with Crippen LogP contribution in [0.15, 0.2) is 94.4 Å². The van der Waals surface area contributed by atoms with Crippen molar-refractivity contribution in [2.45, 2.75) is 26.2 Å². The van der Waals surface area contributed by atoms with Crippen LogP contribution in [0.25, 0.3) is 22.0 Å². The second-order valence-corrected chi connectivity index (χ2v) is 9.80. The number of fused-ring (bicyclic) bond motifs is 1. The lowest BCUT2D eigenvalue weighted by atomic mass is 9.67. The zero-order valence-electron chi connectivity index (χ0n) is 20.2. The van der Waals surface area contributed by atoms with Crippen LogP contribution < -0.4 is 5.56 Å². The van der Waals surface area contributed by atoms with Gasteiger partial charge in [0.1, 0.15) is 0 Å². The Labute approximate surface area is 217 Å². The summed E-state index contributed by atoms with van der Waals surface area (Å²) >= 11 is 6.31. The maximum atomic E-state index is 12.8. The van der Waals surface area contributed by atoms with Crippen molar-refractivity contribution < 1.29 is 0 Å². The molecular weight excluding hydrogens is 475 g/mol. The van der Waals surface area contributed by atoms with Crippen LogP contribution in [0.2, 0.25) is 5.02 Å². The maximum absolute atomic E-state index is 12.8. The third kappa shape index (κ3) is 4.24. The summed E-state index contributed by atoms with van der Waals surface area (Å²) in [5, 5.41) is 1.67. The van der Waals surface area contributed by atoms with E-state index >= 15 is 0 Å². The van der Waals surface area contributed by atoms with E-state index in [1.807, 2.05) is 43.7 Å². The van der Waals surface area contributed by atoms with Gasteiger partial charge in [0.2, 0.25) is 0 Å². The Morgan fingerprint density at radius 2 is 1.69 bits per heavy atom. The summed E-state index contributed by atoms with van der Waals surface area (Å²) in [7, 11) is 1.82. The number of allylic oxidation sites excluding steroid dienone is 1. The zero-order chi connectivity index (χ0) is 24.0. The second-order valence-electron chi connectivity index (χ2n) is 9.36. The van der Waals surface area contributed by atoms with E-state index < -0.39 is 0 Å². The van der Waals surface area contributed by atoms with Gasteiger partial charge in [-0.15, -0.1) is 12.4 Å². The molecule has 0 spiro atoms. The normalized spacial score (nSPS) is 16.6. The number of hydrogen-bond acceptors (Lipinski definition) is 2. The molecule has 3 nitrogen and oxygen atoms in total. The Hall–Kier alpha value is -3.14. The lowest BCUT2D eigenvalue weighted by molar-refractivity contribution is 0.623. The maximum Gasteiger partial charge on any atom is 0.251 e. The van der Waals surface area contributed by atoms with E-state index in [1.54, 1.807) is 10.6 Å². The van der Waals surface area contributed by atoms with Crippen LogP contribution in [0.1, 0.15) is 30.5 Å². The van der Waals surface area contributed by atoms with Crippen molar-refractivity contribution >= 4 is 41.1 Å². The predicted molar refractivity (Wildman–Crippen MR) is 150 cm³/mol. The Morgan fingerprint density at radius 1 is 0.971 bits per heavy atom. The first-order chi connectivity index (χ1) is 16.3. The van der Waals surface area contributed by atoms with E-state index in [0.29, 0.717) is 5.02 Å². The summed E-state index contributed by atoms with van der Waals surface area (Å²) in [6.07, 6.45) is 4.01. The van der Waals surface area contributed by atoms with Gasteiger partial charge in [0.25, 0.3) is 5.56 Å². The molecule has 2 heterocycles. The van der Waals surface area contributed by atoms with Gasteiger partial charge in [-0.2, -0.15) is 0 Å². The van der Waals surface area contributed by atoms with E-state index in [1.165, 1.54) is 16.7 Å². The lowest BCUT2D eigenvalue weighted by Gasteiger charge is -2.35. The quantitative estimate of drug-likeness (QED) is 0.284. The third-order valence-electron chi connectivity index (χ3n) is 7.18. The van der Waals surface area contributed by atoms with Crippen molar-refractivity contribution in [3.63, 3.8) is 0 Å². The molecule has 0 N–H and O–H groups in total.